The molecule has 0 aliphatic heterocycles. The third kappa shape index (κ3) is 3.13. The van der Waals surface area contributed by atoms with E-state index < -0.39 is 0 Å². The number of nitrogens with two attached hydrogens (primary N) is 2. The highest BCUT2D eigenvalue weighted by Gasteiger charge is 2.18. The van der Waals surface area contributed by atoms with Gasteiger partial charge in [-0.05, 0) is 29.0 Å². The zero-order chi connectivity index (χ0) is 18.8. The minimum absolute atomic E-state index is 0.0217. The van der Waals surface area contributed by atoms with E-state index in [9.17, 15) is 4.79 Å². The summed E-state index contributed by atoms with van der Waals surface area (Å²) in [6.07, 6.45) is 0. The van der Waals surface area contributed by atoms with Crippen LogP contribution >= 0.6 is 0 Å². The van der Waals surface area contributed by atoms with Crippen LogP contribution in [0.15, 0.2) is 53.3 Å². The van der Waals surface area contributed by atoms with Crippen molar-refractivity contribution >= 4 is 16.6 Å². The second-order valence-corrected chi connectivity index (χ2v) is 6.88. The van der Waals surface area contributed by atoms with Crippen LogP contribution in [0.25, 0.3) is 21.9 Å². The molecule has 5 heteroatoms. The predicted octanol–water partition coefficient (Wildman–Crippen LogP) is 3.07. The molecule has 5 nitrogen and oxygen atoms in total. The van der Waals surface area contributed by atoms with Gasteiger partial charge in [0.25, 0.3) is 5.56 Å². The summed E-state index contributed by atoms with van der Waals surface area (Å²) < 4.78 is 1.79. The van der Waals surface area contributed by atoms with Crippen molar-refractivity contribution in [3.05, 3.63) is 70.1 Å². The van der Waals surface area contributed by atoms with E-state index in [0.29, 0.717) is 23.4 Å². The van der Waals surface area contributed by atoms with E-state index in [4.69, 9.17) is 16.9 Å². The lowest BCUT2D eigenvalue weighted by Crippen LogP contribution is -2.28. The molecular formula is C21H24N4O. The van der Waals surface area contributed by atoms with Gasteiger partial charge in [-0.15, -0.1) is 0 Å². The normalized spacial score (nSPS) is 11.2. The predicted molar refractivity (Wildman–Crippen MR) is 107 cm³/mol. The SMILES string of the molecule is CC(C)Cn1c(CN)c(-c2ccccc2)c2cc(C(=N)N)ccc2c1=O. The number of pyridine rings is 1. The Morgan fingerprint density at radius 3 is 2.38 bits per heavy atom. The molecular weight excluding hydrogens is 324 g/mol. The van der Waals surface area contributed by atoms with Crippen molar-refractivity contribution in [2.45, 2.75) is 26.9 Å². The van der Waals surface area contributed by atoms with Crippen molar-refractivity contribution in [2.75, 3.05) is 0 Å². The van der Waals surface area contributed by atoms with Gasteiger partial charge >= 0.3 is 0 Å². The van der Waals surface area contributed by atoms with E-state index in [1.165, 1.54) is 0 Å². The molecule has 3 aromatic rings. The van der Waals surface area contributed by atoms with Gasteiger partial charge in [0.1, 0.15) is 5.84 Å². The number of fused-ring (bicyclic) bond motifs is 1. The van der Waals surface area contributed by atoms with Crippen LogP contribution in [0.1, 0.15) is 25.1 Å². The Balaban J connectivity index is 2.49. The number of nitrogens with zero attached hydrogens (tertiary/aromatic N) is 1. The molecule has 0 atom stereocenters. The van der Waals surface area contributed by atoms with Crippen molar-refractivity contribution < 1.29 is 0 Å². The van der Waals surface area contributed by atoms with Gasteiger partial charge in [-0.1, -0.05) is 50.2 Å². The first kappa shape index (κ1) is 17.9. The average molecular weight is 348 g/mol. The van der Waals surface area contributed by atoms with Crippen LogP contribution in [0.3, 0.4) is 0 Å². The van der Waals surface area contributed by atoms with Crippen LogP contribution in [0.5, 0.6) is 0 Å². The topological polar surface area (TPSA) is 97.9 Å². The third-order valence-electron chi connectivity index (χ3n) is 4.49. The number of benzene rings is 2. The summed E-state index contributed by atoms with van der Waals surface area (Å²) in [7, 11) is 0. The molecule has 2 aromatic carbocycles. The van der Waals surface area contributed by atoms with E-state index in [2.05, 4.69) is 13.8 Å². The van der Waals surface area contributed by atoms with Crippen LogP contribution in [-0.4, -0.2) is 10.4 Å². The molecule has 0 saturated heterocycles. The average Bonchev–Trinajstić information content (AvgIpc) is 2.63. The lowest BCUT2D eigenvalue weighted by Gasteiger charge is -2.21. The van der Waals surface area contributed by atoms with Crippen LogP contribution in [0.4, 0.5) is 0 Å². The molecule has 0 aliphatic carbocycles. The molecule has 0 fully saturated rings. The Hall–Kier alpha value is -2.92. The summed E-state index contributed by atoms with van der Waals surface area (Å²) in [5.41, 5.74) is 15.1. The summed E-state index contributed by atoms with van der Waals surface area (Å²) in [6, 6.07) is 15.2. The Bertz CT molecular complexity index is 1020. The van der Waals surface area contributed by atoms with Crippen molar-refractivity contribution in [2.24, 2.45) is 17.4 Å². The largest absolute Gasteiger partial charge is 0.384 e. The van der Waals surface area contributed by atoms with Crippen molar-refractivity contribution in [3.8, 4) is 11.1 Å². The Morgan fingerprint density at radius 2 is 1.81 bits per heavy atom. The molecule has 0 unspecified atom stereocenters. The Morgan fingerprint density at radius 1 is 1.12 bits per heavy atom. The first-order valence-corrected chi connectivity index (χ1v) is 8.73. The number of hydrogen-bond acceptors (Lipinski definition) is 3. The molecule has 0 saturated carbocycles. The van der Waals surface area contributed by atoms with Crippen molar-refractivity contribution in [1.29, 1.82) is 5.41 Å². The first-order valence-electron chi connectivity index (χ1n) is 8.73. The van der Waals surface area contributed by atoms with Crippen LogP contribution in [0, 0.1) is 11.3 Å². The molecule has 1 aromatic heterocycles. The van der Waals surface area contributed by atoms with Gasteiger partial charge in [-0.2, -0.15) is 0 Å². The highest BCUT2D eigenvalue weighted by molar-refractivity contribution is 6.03. The minimum Gasteiger partial charge on any atom is -0.384 e. The summed E-state index contributed by atoms with van der Waals surface area (Å²) >= 11 is 0. The number of nitrogens with one attached hydrogen (secondary N) is 1. The summed E-state index contributed by atoms with van der Waals surface area (Å²) in [5.74, 6) is 0.294. The lowest BCUT2D eigenvalue weighted by atomic mass is 9.95. The third-order valence-corrected chi connectivity index (χ3v) is 4.49. The van der Waals surface area contributed by atoms with Crippen LogP contribution < -0.4 is 17.0 Å². The molecule has 0 radical (unpaired) electrons. The van der Waals surface area contributed by atoms with E-state index in [0.717, 1.165) is 22.2 Å². The second kappa shape index (κ2) is 7.14. The fourth-order valence-corrected chi connectivity index (χ4v) is 3.36. The molecule has 0 aliphatic rings. The molecule has 5 N–H and O–H groups in total. The van der Waals surface area contributed by atoms with E-state index in [-0.39, 0.29) is 17.9 Å². The van der Waals surface area contributed by atoms with Gasteiger partial charge < -0.3 is 16.0 Å². The summed E-state index contributed by atoms with van der Waals surface area (Å²) in [4.78, 5) is 13.1. The van der Waals surface area contributed by atoms with Gasteiger partial charge in [0.05, 0.1) is 0 Å². The van der Waals surface area contributed by atoms with Gasteiger partial charge in [0.2, 0.25) is 0 Å². The number of nitrogen functional groups attached to an aromatic ring is 1. The second-order valence-electron chi connectivity index (χ2n) is 6.88. The molecule has 0 spiro atoms. The van der Waals surface area contributed by atoms with Gasteiger partial charge in [-0.25, -0.2) is 0 Å². The smallest absolute Gasteiger partial charge is 0.258 e. The fraction of sp³-hybridized carbons (Fsp3) is 0.238. The maximum atomic E-state index is 13.1. The van der Waals surface area contributed by atoms with Crippen molar-refractivity contribution in [1.82, 2.24) is 4.57 Å². The maximum Gasteiger partial charge on any atom is 0.258 e. The van der Waals surface area contributed by atoms with Crippen molar-refractivity contribution in [3.63, 3.8) is 0 Å². The minimum atomic E-state index is -0.0519. The van der Waals surface area contributed by atoms with E-state index in [1.807, 2.05) is 36.4 Å². The van der Waals surface area contributed by atoms with E-state index >= 15 is 0 Å². The van der Waals surface area contributed by atoms with Gasteiger partial charge in [0, 0.05) is 35.3 Å². The van der Waals surface area contributed by atoms with Crippen LogP contribution in [0.2, 0.25) is 0 Å². The molecule has 26 heavy (non-hydrogen) atoms. The lowest BCUT2D eigenvalue weighted by molar-refractivity contribution is 0.499. The number of hydrogen-bond donors (Lipinski definition) is 3. The molecule has 0 bridgehead atoms. The molecule has 3 rings (SSSR count). The zero-order valence-electron chi connectivity index (χ0n) is 15.1. The zero-order valence-corrected chi connectivity index (χ0v) is 15.1. The Labute approximate surface area is 152 Å². The number of amidine groups is 1. The van der Waals surface area contributed by atoms with Gasteiger partial charge in [0.15, 0.2) is 0 Å². The van der Waals surface area contributed by atoms with Gasteiger partial charge in [-0.3, -0.25) is 10.2 Å². The highest BCUT2D eigenvalue weighted by atomic mass is 16.1. The highest BCUT2D eigenvalue weighted by Crippen LogP contribution is 2.31. The molecule has 1 heterocycles. The standard InChI is InChI=1S/C21H24N4O/c1-13(2)12-25-18(11-22)19(14-6-4-3-5-7-14)17-10-15(20(23)24)8-9-16(17)21(25)26/h3-10,13H,11-12,22H2,1-2H3,(H3,23,24). The number of aromatic nitrogens is 1. The number of rotatable bonds is 5. The monoisotopic (exact) mass is 348 g/mol. The first-order chi connectivity index (χ1) is 12.4. The quantitative estimate of drug-likeness (QED) is 0.488. The van der Waals surface area contributed by atoms with E-state index in [1.54, 1.807) is 16.7 Å². The summed E-state index contributed by atoms with van der Waals surface area (Å²) in [6.45, 7) is 5.03. The van der Waals surface area contributed by atoms with Crippen LogP contribution in [-0.2, 0) is 13.1 Å². The summed E-state index contributed by atoms with van der Waals surface area (Å²) in [5, 5.41) is 9.15. The maximum absolute atomic E-state index is 13.1. The molecule has 0 amide bonds. The Kier molecular flexibility index (Phi) is 4.91. The molecule has 134 valence electrons. The fourth-order valence-electron chi connectivity index (χ4n) is 3.36.